The molecule has 37 heavy (non-hydrogen) atoms. The Hall–Kier alpha value is -2.97. The standard InChI is InChI=1S/C29H38BrN3O4/c1-8-18-32(27(35)22-14-16-24(30)17-15-22)25(26(34)31-29(2,3)4)21-10-12-23(13-11-21)28(36)37-20-9-19-33(5,6)7/h8,10-17,25H,1,9,18-20H2,2-7H3/p+1. The Morgan fingerprint density at radius 1 is 1.03 bits per heavy atom. The van der Waals surface area contributed by atoms with E-state index in [2.05, 4.69) is 49.0 Å². The summed E-state index contributed by atoms with van der Waals surface area (Å²) in [4.78, 5) is 41.1. The van der Waals surface area contributed by atoms with Crippen LogP contribution in [0.5, 0.6) is 0 Å². The van der Waals surface area contributed by atoms with Crippen LogP contribution in [0.2, 0.25) is 0 Å². The molecule has 1 atom stereocenters. The predicted octanol–water partition coefficient (Wildman–Crippen LogP) is 4.99. The molecule has 0 aromatic heterocycles. The summed E-state index contributed by atoms with van der Waals surface area (Å²) in [6.45, 7) is 10.8. The highest BCUT2D eigenvalue weighted by atomic mass is 79.9. The molecule has 0 fully saturated rings. The van der Waals surface area contributed by atoms with E-state index < -0.39 is 17.6 Å². The van der Waals surface area contributed by atoms with E-state index in [1.807, 2.05) is 20.8 Å². The first kappa shape index (κ1) is 30.3. The number of carbonyl (C=O) groups is 3. The van der Waals surface area contributed by atoms with Crippen LogP contribution in [-0.4, -0.2) is 73.5 Å². The Labute approximate surface area is 229 Å². The van der Waals surface area contributed by atoms with Crippen molar-refractivity contribution in [3.63, 3.8) is 0 Å². The van der Waals surface area contributed by atoms with E-state index in [0.29, 0.717) is 23.3 Å². The zero-order valence-electron chi connectivity index (χ0n) is 22.7. The second-order valence-electron chi connectivity index (χ2n) is 11.0. The Morgan fingerprint density at radius 3 is 2.11 bits per heavy atom. The van der Waals surface area contributed by atoms with Gasteiger partial charge in [-0.1, -0.05) is 34.1 Å². The summed E-state index contributed by atoms with van der Waals surface area (Å²) >= 11 is 3.39. The van der Waals surface area contributed by atoms with Gasteiger partial charge in [0.15, 0.2) is 0 Å². The SMILES string of the molecule is C=CCN(C(=O)c1ccc(Br)cc1)C(C(=O)NC(C)(C)C)c1ccc(C(=O)OCCC[N+](C)(C)C)cc1. The van der Waals surface area contributed by atoms with Gasteiger partial charge in [0.1, 0.15) is 6.04 Å². The molecule has 2 amide bonds. The lowest BCUT2D eigenvalue weighted by molar-refractivity contribution is -0.870. The van der Waals surface area contributed by atoms with Crippen LogP contribution in [-0.2, 0) is 9.53 Å². The third-order valence-corrected chi connectivity index (χ3v) is 5.93. The predicted molar refractivity (Wildman–Crippen MR) is 150 cm³/mol. The number of benzene rings is 2. The number of halogens is 1. The molecule has 0 aliphatic carbocycles. The van der Waals surface area contributed by atoms with Gasteiger partial charge in [-0.15, -0.1) is 6.58 Å². The summed E-state index contributed by atoms with van der Waals surface area (Å²) in [5, 5.41) is 2.99. The second-order valence-corrected chi connectivity index (χ2v) is 11.9. The van der Waals surface area contributed by atoms with Gasteiger partial charge in [-0.3, -0.25) is 9.59 Å². The van der Waals surface area contributed by atoms with Gasteiger partial charge in [-0.25, -0.2) is 4.79 Å². The number of hydrogen-bond acceptors (Lipinski definition) is 4. The summed E-state index contributed by atoms with van der Waals surface area (Å²) in [5.74, 6) is -1.05. The molecule has 0 saturated heterocycles. The first-order valence-electron chi connectivity index (χ1n) is 12.3. The summed E-state index contributed by atoms with van der Waals surface area (Å²) in [7, 11) is 6.26. The number of nitrogens with zero attached hydrogens (tertiary/aromatic N) is 2. The number of quaternary nitrogens is 1. The third kappa shape index (κ3) is 9.78. The fourth-order valence-electron chi connectivity index (χ4n) is 3.70. The zero-order valence-corrected chi connectivity index (χ0v) is 24.3. The van der Waals surface area contributed by atoms with Crippen molar-refractivity contribution in [2.75, 3.05) is 40.8 Å². The molecule has 0 radical (unpaired) electrons. The molecule has 7 nitrogen and oxygen atoms in total. The largest absolute Gasteiger partial charge is 0.462 e. The second kappa shape index (κ2) is 13.0. The summed E-state index contributed by atoms with van der Waals surface area (Å²) in [5.41, 5.74) is 0.910. The highest BCUT2D eigenvalue weighted by molar-refractivity contribution is 9.10. The molecule has 0 aliphatic rings. The van der Waals surface area contributed by atoms with E-state index in [1.165, 1.54) is 4.90 Å². The number of nitrogens with one attached hydrogen (secondary N) is 1. The molecular weight excluding hydrogens is 534 g/mol. The van der Waals surface area contributed by atoms with Crippen molar-refractivity contribution in [1.82, 2.24) is 10.2 Å². The minimum Gasteiger partial charge on any atom is -0.462 e. The summed E-state index contributed by atoms with van der Waals surface area (Å²) in [6, 6.07) is 12.7. The molecule has 0 spiro atoms. The molecule has 1 unspecified atom stereocenters. The molecular formula is C29H39BrN3O4+. The van der Waals surface area contributed by atoms with Crippen LogP contribution in [0.1, 0.15) is 59.5 Å². The number of carbonyl (C=O) groups excluding carboxylic acids is 3. The molecule has 8 heteroatoms. The van der Waals surface area contributed by atoms with Gasteiger partial charge in [0.05, 0.1) is 39.9 Å². The molecule has 0 saturated carbocycles. The van der Waals surface area contributed by atoms with E-state index in [0.717, 1.165) is 21.9 Å². The van der Waals surface area contributed by atoms with E-state index in [9.17, 15) is 14.4 Å². The van der Waals surface area contributed by atoms with Crippen molar-refractivity contribution >= 4 is 33.7 Å². The van der Waals surface area contributed by atoms with Crippen LogP contribution in [0.25, 0.3) is 0 Å². The maximum Gasteiger partial charge on any atom is 0.338 e. The number of amides is 2. The van der Waals surface area contributed by atoms with Crippen molar-refractivity contribution in [2.24, 2.45) is 0 Å². The number of esters is 1. The fourth-order valence-corrected chi connectivity index (χ4v) is 3.97. The average Bonchev–Trinajstić information content (AvgIpc) is 2.80. The van der Waals surface area contributed by atoms with Gasteiger partial charge in [0, 0.05) is 28.5 Å². The van der Waals surface area contributed by atoms with Crippen LogP contribution >= 0.6 is 15.9 Å². The van der Waals surface area contributed by atoms with Gasteiger partial charge in [-0.05, 0) is 62.7 Å². The summed E-state index contributed by atoms with van der Waals surface area (Å²) in [6.07, 6.45) is 2.35. The van der Waals surface area contributed by atoms with Gasteiger partial charge >= 0.3 is 5.97 Å². The minimum absolute atomic E-state index is 0.160. The van der Waals surface area contributed by atoms with Crippen LogP contribution in [0.4, 0.5) is 0 Å². The smallest absolute Gasteiger partial charge is 0.338 e. The lowest BCUT2D eigenvalue weighted by Crippen LogP contribution is -2.49. The van der Waals surface area contributed by atoms with E-state index >= 15 is 0 Å². The number of hydrogen-bond donors (Lipinski definition) is 1. The quantitative estimate of drug-likeness (QED) is 0.178. The minimum atomic E-state index is -0.928. The number of ether oxygens (including phenoxy) is 1. The Bertz CT molecular complexity index is 1080. The normalized spacial score (nSPS) is 12.4. The van der Waals surface area contributed by atoms with Crippen molar-refractivity contribution in [1.29, 1.82) is 0 Å². The molecule has 2 aromatic rings. The molecule has 200 valence electrons. The van der Waals surface area contributed by atoms with Crippen LogP contribution in [0.3, 0.4) is 0 Å². The van der Waals surface area contributed by atoms with E-state index in [1.54, 1.807) is 54.6 Å². The Balaban J connectivity index is 2.34. The lowest BCUT2D eigenvalue weighted by Gasteiger charge is -2.33. The topological polar surface area (TPSA) is 75.7 Å². The highest BCUT2D eigenvalue weighted by Gasteiger charge is 2.33. The maximum atomic E-state index is 13.5. The third-order valence-electron chi connectivity index (χ3n) is 5.40. The van der Waals surface area contributed by atoms with E-state index in [4.69, 9.17) is 4.74 Å². The summed E-state index contributed by atoms with van der Waals surface area (Å²) < 4.78 is 7.06. The van der Waals surface area contributed by atoms with Crippen LogP contribution in [0, 0.1) is 0 Å². The van der Waals surface area contributed by atoms with Gasteiger partial charge in [0.2, 0.25) is 5.91 Å². The maximum absolute atomic E-state index is 13.5. The van der Waals surface area contributed by atoms with Crippen molar-refractivity contribution in [3.05, 3.63) is 82.3 Å². The molecule has 0 heterocycles. The number of rotatable bonds is 11. The first-order chi connectivity index (χ1) is 17.2. The zero-order chi connectivity index (χ0) is 27.8. The first-order valence-corrected chi connectivity index (χ1v) is 13.1. The van der Waals surface area contributed by atoms with Crippen LogP contribution < -0.4 is 5.32 Å². The fraction of sp³-hybridized carbons (Fsp3) is 0.414. The average molecular weight is 574 g/mol. The highest BCUT2D eigenvalue weighted by Crippen LogP contribution is 2.26. The lowest BCUT2D eigenvalue weighted by atomic mass is 9.99. The molecule has 2 aromatic carbocycles. The van der Waals surface area contributed by atoms with Gasteiger partial charge in [-0.2, -0.15) is 0 Å². The van der Waals surface area contributed by atoms with Crippen molar-refractivity contribution in [2.45, 2.75) is 38.8 Å². The Kier molecular flexibility index (Phi) is 10.6. The van der Waals surface area contributed by atoms with Gasteiger partial charge in [0.25, 0.3) is 5.91 Å². The van der Waals surface area contributed by atoms with Crippen molar-refractivity contribution in [3.8, 4) is 0 Å². The van der Waals surface area contributed by atoms with Crippen LogP contribution in [0.15, 0.2) is 65.7 Å². The molecule has 1 N–H and O–H groups in total. The Morgan fingerprint density at radius 2 is 1.59 bits per heavy atom. The molecule has 0 bridgehead atoms. The monoisotopic (exact) mass is 572 g/mol. The molecule has 0 aliphatic heterocycles. The van der Waals surface area contributed by atoms with E-state index in [-0.39, 0.29) is 18.4 Å². The van der Waals surface area contributed by atoms with Crippen molar-refractivity contribution < 1.29 is 23.6 Å². The van der Waals surface area contributed by atoms with Gasteiger partial charge < -0.3 is 19.4 Å². The molecule has 2 rings (SSSR count).